The molecule has 0 bridgehead atoms. The summed E-state index contributed by atoms with van der Waals surface area (Å²) in [5.41, 5.74) is 2.39. The average molecular weight is 273 g/mol. The van der Waals surface area contributed by atoms with E-state index in [9.17, 15) is 4.57 Å². The summed E-state index contributed by atoms with van der Waals surface area (Å²) in [6.45, 7) is 3.69. The van der Waals surface area contributed by atoms with Gasteiger partial charge in [0, 0.05) is 5.75 Å². The van der Waals surface area contributed by atoms with Crippen LogP contribution in [0.4, 0.5) is 0 Å². The Morgan fingerprint density at radius 1 is 1.41 bits per heavy atom. The zero-order chi connectivity index (χ0) is 12.9. The molecule has 0 aliphatic rings. The number of benzene rings is 1. The molecule has 1 rings (SSSR count). The van der Waals surface area contributed by atoms with Crippen LogP contribution in [0.5, 0.6) is 0 Å². The zero-order valence-electron chi connectivity index (χ0n) is 9.83. The smallest absolute Gasteiger partial charge is 0.307 e. The van der Waals surface area contributed by atoms with Crippen molar-refractivity contribution >= 4 is 24.6 Å². The molecule has 17 heavy (non-hydrogen) atoms. The highest BCUT2D eigenvalue weighted by molar-refractivity contribution is 8.13. The molecule has 1 aromatic rings. The molecule has 4 nitrogen and oxygen atoms in total. The molecule has 0 aliphatic heterocycles. The van der Waals surface area contributed by atoms with Gasteiger partial charge in [-0.3, -0.25) is 0 Å². The van der Waals surface area contributed by atoms with E-state index < -0.39 is 7.75 Å². The quantitative estimate of drug-likeness (QED) is 0.502. The predicted octanol–water partition coefficient (Wildman–Crippen LogP) is 2.99. The topological polar surface area (TPSA) is 69.9 Å². The summed E-state index contributed by atoms with van der Waals surface area (Å²) in [4.78, 5) is 17.4. The molecular weight excluding hydrogens is 257 g/mol. The molecule has 0 amide bonds. The van der Waals surface area contributed by atoms with Crippen LogP contribution in [-0.2, 0) is 16.7 Å². The second-order valence-corrected chi connectivity index (χ2v) is 5.99. The lowest BCUT2D eigenvalue weighted by Gasteiger charge is -2.04. The van der Waals surface area contributed by atoms with Crippen molar-refractivity contribution in [2.24, 2.45) is 4.76 Å². The van der Waals surface area contributed by atoms with Crippen LogP contribution in [0.1, 0.15) is 25.0 Å². The van der Waals surface area contributed by atoms with Gasteiger partial charge in [0.1, 0.15) is 0 Å². The molecule has 0 fully saturated rings. The highest BCUT2D eigenvalue weighted by Gasteiger charge is 2.10. The van der Waals surface area contributed by atoms with Gasteiger partial charge in [-0.2, -0.15) is 4.76 Å². The van der Waals surface area contributed by atoms with Crippen molar-refractivity contribution in [3.05, 3.63) is 35.4 Å². The summed E-state index contributed by atoms with van der Waals surface area (Å²) < 4.78 is 14.0. The van der Waals surface area contributed by atoms with Crippen LogP contribution >= 0.6 is 19.5 Å². The average Bonchev–Trinajstić information content (AvgIpc) is 2.24. The van der Waals surface area contributed by atoms with Gasteiger partial charge in [-0.05, 0) is 24.5 Å². The number of aryl methyl sites for hydroxylation is 1. The molecule has 0 unspecified atom stereocenters. The highest BCUT2D eigenvalue weighted by atomic mass is 32.2. The number of hydrogen-bond donors (Lipinski definition) is 2. The largest absolute Gasteiger partial charge is 0.449 e. The first-order valence-corrected chi connectivity index (χ1v) is 7.79. The highest BCUT2D eigenvalue weighted by Crippen LogP contribution is 2.37. The summed E-state index contributed by atoms with van der Waals surface area (Å²) >= 11 is 1.33. The minimum Gasteiger partial charge on any atom is -0.307 e. The second-order valence-electron chi connectivity index (χ2n) is 3.59. The van der Waals surface area contributed by atoms with Crippen molar-refractivity contribution < 1.29 is 14.4 Å². The Bertz CT molecular complexity index is 456. The van der Waals surface area contributed by atoms with Crippen LogP contribution < -0.4 is 0 Å². The number of rotatable bonds is 4. The van der Waals surface area contributed by atoms with E-state index in [2.05, 4.69) is 23.8 Å². The van der Waals surface area contributed by atoms with Crippen molar-refractivity contribution in [3.63, 3.8) is 0 Å². The minimum absolute atomic E-state index is 0.403. The van der Waals surface area contributed by atoms with Gasteiger partial charge in [0.2, 0.25) is 0 Å². The first kappa shape index (κ1) is 14.5. The van der Waals surface area contributed by atoms with Crippen LogP contribution in [0, 0.1) is 0 Å². The summed E-state index contributed by atoms with van der Waals surface area (Å²) in [6.07, 6.45) is 0.980. The van der Waals surface area contributed by atoms with Gasteiger partial charge in [-0.25, -0.2) is 4.57 Å². The Kier molecular flexibility index (Phi) is 5.40. The van der Waals surface area contributed by atoms with Crippen molar-refractivity contribution in [1.82, 2.24) is 0 Å². The Morgan fingerprint density at radius 3 is 2.65 bits per heavy atom. The molecule has 0 atom stereocenters. The zero-order valence-corrected chi connectivity index (χ0v) is 11.5. The van der Waals surface area contributed by atoms with Crippen LogP contribution in [0.3, 0.4) is 0 Å². The predicted molar refractivity (Wildman–Crippen MR) is 72.3 cm³/mol. The Balaban J connectivity index is 2.61. The Hall–Kier alpha value is -0.610. The fraction of sp³-hybridized carbons (Fsp3) is 0.364. The van der Waals surface area contributed by atoms with E-state index in [-0.39, 0.29) is 0 Å². The van der Waals surface area contributed by atoms with Gasteiger partial charge in [0.15, 0.2) is 0 Å². The van der Waals surface area contributed by atoms with Gasteiger partial charge in [-0.15, -0.1) is 11.8 Å². The standard InChI is InChI=1S/C11H16NO3PS/c1-3-10-5-4-6-11(7-10)8-17-9(2)12-16(13,14)15/h4-7H,3,8H2,1-2H3,(H2,13,14,15)/b12-9+. The van der Waals surface area contributed by atoms with E-state index >= 15 is 0 Å². The SMILES string of the molecule is CCc1cccc(CS/C(C)=N/P(=O)(O)O)c1. The van der Waals surface area contributed by atoms with Gasteiger partial charge >= 0.3 is 7.75 Å². The van der Waals surface area contributed by atoms with Crippen molar-refractivity contribution in [3.8, 4) is 0 Å². The number of hydrogen-bond acceptors (Lipinski definition) is 2. The van der Waals surface area contributed by atoms with Gasteiger partial charge in [-0.1, -0.05) is 31.2 Å². The Labute approximate surface area is 105 Å². The van der Waals surface area contributed by atoms with Crippen LogP contribution in [0.25, 0.3) is 0 Å². The maximum Gasteiger partial charge on any atom is 0.449 e. The maximum absolute atomic E-state index is 10.6. The normalized spacial score (nSPS) is 12.8. The van der Waals surface area contributed by atoms with Crippen LogP contribution in [0.15, 0.2) is 29.0 Å². The fourth-order valence-electron chi connectivity index (χ4n) is 1.34. The first-order valence-electron chi connectivity index (χ1n) is 5.23. The van der Waals surface area contributed by atoms with Crippen molar-refractivity contribution in [2.75, 3.05) is 0 Å². The molecule has 0 aliphatic carbocycles. The molecule has 94 valence electrons. The molecule has 6 heteroatoms. The van der Waals surface area contributed by atoms with E-state index in [1.54, 1.807) is 6.92 Å². The van der Waals surface area contributed by atoms with Crippen molar-refractivity contribution in [1.29, 1.82) is 0 Å². The molecule has 0 saturated heterocycles. The minimum atomic E-state index is -4.29. The summed E-state index contributed by atoms with van der Waals surface area (Å²) in [6, 6.07) is 8.14. The second kappa shape index (κ2) is 6.36. The summed E-state index contributed by atoms with van der Waals surface area (Å²) in [5, 5.41) is 0.403. The molecule has 0 spiro atoms. The molecule has 1 aromatic carbocycles. The summed E-state index contributed by atoms with van der Waals surface area (Å²) in [5.74, 6) is 0.670. The van der Waals surface area contributed by atoms with Crippen LogP contribution in [0.2, 0.25) is 0 Å². The van der Waals surface area contributed by atoms with E-state index in [1.807, 2.05) is 12.1 Å². The third-order valence-electron chi connectivity index (χ3n) is 2.12. The van der Waals surface area contributed by atoms with Crippen LogP contribution in [-0.4, -0.2) is 14.8 Å². The third-order valence-corrected chi connectivity index (χ3v) is 3.80. The van der Waals surface area contributed by atoms with E-state index in [4.69, 9.17) is 9.79 Å². The lowest BCUT2D eigenvalue weighted by molar-refractivity contribution is 0.375. The molecule has 0 radical (unpaired) electrons. The lowest BCUT2D eigenvalue weighted by atomic mass is 10.1. The van der Waals surface area contributed by atoms with Gasteiger partial charge < -0.3 is 9.79 Å². The number of nitrogens with zero attached hydrogens (tertiary/aromatic N) is 1. The van der Waals surface area contributed by atoms with Crippen molar-refractivity contribution in [2.45, 2.75) is 26.0 Å². The lowest BCUT2D eigenvalue weighted by Crippen LogP contribution is -1.89. The Morgan fingerprint density at radius 2 is 2.06 bits per heavy atom. The van der Waals surface area contributed by atoms with Gasteiger partial charge in [0.05, 0.1) is 5.04 Å². The summed E-state index contributed by atoms with van der Waals surface area (Å²) in [7, 11) is -4.29. The first-order chi connectivity index (χ1) is 7.90. The van der Waals surface area contributed by atoms with E-state index in [1.165, 1.54) is 17.3 Å². The molecular formula is C11H16NO3PS. The maximum atomic E-state index is 10.6. The van der Waals surface area contributed by atoms with Gasteiger partial charge in [0.25, 0.3) is 0 Å². The molecule has 0 saturated carbocycles. The van der Waals surface area contributed by atoms with E-state index in [0.29, 0.717) is 10.8 Å². The molecule has 0 aromatic heterocycles. The fourth-order valence-corrected chi connectivity index (χ4v) is 2.81. The molecule has 0 heterocycles. The third kappa shape index (κ3) is 6.03. The molecule has 2 N–H and O–H groups in total. The van der Waals surface area contributed by atoms with E-state index in [0.717, 1.165) is 12.0 Å². The number of thioether (sulfide) groups is 1. The monoisotopic (exact) mass is 273 g/mol.